The van der Waals surface area contributed by atoms with E-state index in [1.165, 1.54) is 13.3 Å². The van der Waals surface area contributed by atoms with E-state index in [0.717, 1.165) is 28.4 Å². The Kier molecular flexibility index (Phi) is 7.28. The van der Waals surface area contributed by atoms with Gasteiger partial charge in [0.1, 0.15) is 11.5 Å². The van der Waals surface area contributed by atoms with Crippen LogP contribution in [0, 0.1) is 13.8 Å². The summed E-state index contributed by atoms with van der Waals surface area (Å²) in [5.41, 5.74) is 6.42. The Morgan fingerprint density at radius 2 is 1.78 bits per heavy atom. The van der Waals surface area contributed by atoms with Gasteiger partial charge in [0.15, 0.2) is 0 Å². The molecule has 0 aliphatic rings. The van der Waals surface area contributed by atoms with E-state index in [1.54, 1.807) is 24.3 Å². The third-order valence-corrected chi connectivity index (χ3v) is 4.81. The summed E-state index contributed by atoms with van der Waals surface area (Å²) in [4.78, 5) is 24.2. The first kappa shape index (κ1) is 22.6. The molecule has 1 aromatic heterocycles. The molecule has 0 aliphatic heterocycles. The molecular weight excluding hydrogens is 408 g/mol. The lowest BCUT2D eigenvalue weighted by Gasteiger charge is -2.11. The van der Waals surface area contributed by atoms with Gasteiger partial charge in [0, 0.05) is 22.6 Å². The van der Waals surface area contributed by atoms with E-state index in [0.29, 0.717) is 18.0 Å². The van der Waals surface area contributed by atoms with Crippen molar-refractivity contribution in [1.29, 1.82) is 0 Å². The molecule has 0 saturated carbocycles. The lowest BCUT2D eigenvalue weighted by atomic mass is 10.2. The van der Waals surface area contributed by atoms with Crippen molar-refractivity contribution < 1.29 is 19.1 Å². The number of para-hydroxylation sites is 2. The van der Waals surface area contributed by atoms with Crippen LogP contribution >= 0.6 is 0 Å². The number of benzene rings is 2. The van der Waals surface area contributed by atoms with Gasteiger partial charge in [0.2, 0.25) is 0 Å². The zero-order chi connectivity index (χ0) is 23.1. The summed E-state index contributed by atoms with van der Waals surface area (Å²) in [5.74, 6) is -0.451. The highest BCUT2D eigenvalue weighted by molar-refractivity contribution is 6.39. The highest BCUT2D eigenvalue weighted by atomic mass is 16.5. The van der Waals surface area contributed by atoms with Crippen molar-refractivity contribution >= 4 is 23.7 Å². The van der Waals surface area contributed by atoms with E-state index >= 15 is 0 Å². The number of aryl methyl sites for hydroxylation is 1. The number of anilines is 1. The number of hydrogen-bond acceptors (Lipinski definition) is 5. The normalized spacial score (nSPS) is 10.8. The quantitative estimate of drug-likeness (QED) is 0.338. The SMILES string of the molecule is CCOc1ccc(-n2c(C)cc(/C=N\NC(=O)C(=O)Nc3ccccc3OC)c2C)cc1. The molecule has 2 aromatic carbocycles. The molecular formula is C24H26N4O4. The number of methoxy groups -OCH3 is 1. The van der Waals surface area contributed by atoms with Crippen molar-refractivity contribution in [2.24, 2.45) is 5.10 Å². The molecule has 1 heterocycles. The molecule has 3 aromatic rings. The molecule has 2 N–H and O–H groups in total. The number of rotatable bonds is 7. The smallest absolute Gasteiger partial charge is 0.329 e. The minimum Gasteiger partial charge on any atom is -0.495 e. The van der Waals surface area contributed by atoms with Gasteiger partial charge in [-0.25, -0.2) is 5.43 Å². The average Bonchev–Trinajstić information content (AvgIpc) is 3.07. The summed E-state index contributed by atoms with van der Waals surface area (Å²) in [7, 11) is 1.49. The number of carbonyl (C=O) groups excluding carboxylic acids is 2. The zero-order valence-corrected chi connectivity index (χ0v) is 18.5. The molecule has 0 atom stereocenters. The van der Waals surface area contributed by atoms with E-state index in [4.69, 9.17) is 9.47 Å². The minimum atomic E-state index is -0.882. The van der Waals surface area contributed by atoms with Crippen molar-refractivity contribution in [3.8, 4) is 17.2 Å². The molecule has 3 rings (SSSR count). The summed E-state index contributed by atoms with van der Waals surface area (Å²) in [5, 5.41) is 6.45. The summed E-state index contributed by atoms with van der Waals surface area (Å²) < 4.78 is 12.7. The number of nitrogens with zero attached hydrogens (tertiary/aromatic N) is 2. The highest BCUT2D eigenvalue weighted by Gasteiger charge is 2.15. The van der Waals surface area contributed by atoms with Crippen LogP contribution in [0.3, 0.4) is 0 Å². The van der Waals surface area contributed by atoms with Crippen LogP contribution in [0.2, 0.25) is 0 Å². The second-order valence-electron chi connectivity index (χ2n) is 6.94. The van der Waals surface area contributed by atoms with Gasteiger partial charge in [-0.2, -0.15) is 5.10 Å². The van der Waals surface area contributed by atoms with Gasteiger partial charge in [0.25, 0.3) is 0 Å². The first-order valence-corrected chi connectivity index (χ1v) is 10.1. The Bertz CT molecular complexity index is 1130. The molecule has 2 amide bonds. The number of hydrogen-bond donors (Lipinski definition) is 2. The number of aromatic nitrogens is 1. The van der Waals surface area contributed by atoms with E-state index in [2.05, 4.69) is 20.4 Å². The predicted octanol–water partition coefficient (Wildman–Crippen LogP) is 3.59. The van der Waals surface area contributed by atoms with E-state index < -0.39 is 11.8 Å². The van der Waals surface area contributed by atoms with Crippen LogP contribution in [-0.4, -0.2) is 36.3 Å². The maximum absolute atomic E-state index is 12.1. The number of hydrazone groups is 1. The highest BCUT2D eigenvalue weighted by Crippen LogP contribution is 2.23. The maximum Gasteiger partial charge on any atom is 0.329 e. The summed E-state index contributed by atoms with van der Waals surface area (Å²) in [6, 6.07) is 16.6. The van der Waals surface area contributed by atoms with Crippen molar-refractivity contribution in [3.63, 3.8) is 0 Å². The topological polar surface area (TPSA) is 94.0 Å². The van der Waals surface area contributed by atoms with Gasteiger partial charge in [-0.15, -0.1) is 0 Å². The maximum atomic E-state index is 12.1. The number of carbonyl (C=O) groups is 2. The third kappa shape index (κ3) is 5.15. The molecule has 8 nitrogen and oxygen atoms in total. The Balaban J connectivity index is 1.67. The minimum absolute atomic E-state index is 0.401. The molecule has 166 valence electrons. The Hall–Kier alpha value is -4.07. The van der Waals surface area contributed by atoms with Crippen LogP contribution in [0.15, 0.2) is 59.7 Å². The molecule has 32 heavy (non-hydrogen) atoms. The van der Waals surface area contributed by atoms with Crippen LogP contribution in [0.25, 0.3) is 5.69 Å². The third-order valence-electron chi connectivity index (χ3n) is 4.81. The van der Waals surface area contributed by atoms with Gasteiger partial charge in [0.05, 0.1) is 25.6 Å². The lowest BCUT2D eigenvalue weighted by Crippen LogP contribution is -2.32. The van der Waals surface area contributed by atoms with Crippen LogP contribution in [-0.2, 0) is 9.59 Å². The number of nitrogens with one attached hydrogen (secondary N) is 2. The number of amides is 2. The largest absolute Gasteiger partial charge is 0.495 e. The fourth-order valence-corrected chi connectivity index (χ4v) is 3.31. The van der Waals surface area contributed by atoms with Gasteiger partial charge in [-0.05, 0) is 63.2 Å². The summed E-state index contributed by atoms with van der Waals surface area (Å²) >= 11 is 0. The molecule has 0 saturated heterocycles. The summed E-state index contributed by atoms with van der Waals surface area (Å²) in [6.45, 7) is 6.51. The van der Waals surface area contributed by atoms with Crippen LogP contribution < -0.4 is 20.2 Å². The van der Waals surface area contributed by atoms with Crippen LogP contribution in [0.1, 0.15) is 23.9 Å². The van der Waals surface area contributed by atoms with Gasteiger partial charge >= 0.3 is 11.8 Å². The molecule has 0 fully saturated rings. The van der Waals surface area contributed by atoms with Crippen molar-refractivity contribution in [1.82, 2.24) is 9.99 Å². The van der Waals surface area contributed by atoms with Crippen LogP contribution in [0.4, 0.5) is 5.69 Å². The first-order chi connectivity index (χ1) is 15.4. The van der Waals surface area contributed by atoms with Crippen molar-refractivity contribution in [3.05, 3.63) is 71.5 Å². The van der Waals surface area contributed by atoms with Crippen molar-refractivity contribution in [2.45, 2.75) is 20.8 Å². The molecule has 8 heteroatoms. The Labute approximate surface area is 186 Å². The molecule has 0 spiro atoms. The summed E-state index contributed by atoms with van der Waals surface area (Å²) in [6.07, 6.45) is 1.52. The predicted molar refractivity (Wildman–Crippen MR) is 124 cm³/mol. The Morgan fingerprint density at radius 1 is 1.06 bits per heavy atom. The van der Waals surface area contributed by atoms with Gasteiger partial charge < -0.3 is 19.4 Å². The van der Waals surface area contributed by atoms with E-state index in [1.807, 2.05) is 51.1 Å². The van der Waals surface area contributed by atoms with Crippen molar-refractivity contribution in [2.75, 3.05) is 19.0 Å². The second kappa shape index (κ2) is 10.3. The molecule has 0 unspecified atom stereocenters. The fourth-order valence-electron chi connectivity index (χ4n) is 3.31. The molecule has 0 bridgehead atoms. The van der Waals surface area contributed by atoms with E-state index in [-0.39, 0.29) is 0 Å². The fraction of sp³-hybridized carbons (Fsp3) is 0.208. The lowest BCUT2D eigenvalue weighted by molar-refractivity contribution is -0.136. The average molecular weight is 434 g/mol. The Morgan fingerprint density at radius 3 is 2.47 bits per heavy atom. The number of ether oxygens (including phenoxy) is 2. The van der Waals surface area contributed by atoms with Gasteiger partial charge in [-0.3, -0.25) is 9.59 Å². The second-order valence-corrected chi connectivity index (χ2v) is 6.94. The van der Waals surface area contributed by atoms with Gasteiger partial charge in [-0.1, -0.05) is 12.1 Å². The monoisotopic (exact) mass is 434 g/mol. The first-order valence-electron chi connectivity index (χ1n) is 10.1. The zero-order valence-electron chi connectivity index (χ0n) is 18.5. The molecule has 0 aliphatic carbocycles. The standard InChI is InChI=1S/C24H26N4O4/c1-5-32-20-12-10-19(11-13-20)28-16(2)14-18(17(28)3)15-25-27-24(30)23(29)26-21-8-6-7-9-22(21)31-4/h6-15H,5H2,1-4H3,(H,26,29)(H,27,30)/b25-15-. The van der Waals surface area contributed by atoms with E-state index in [9.17, 15) is 9.59 Å². The molecule has 0 radical (unpaired) electrons. The van der Waals surface area contributed by atoms with Crippen LogP contribution in [0.5, 0.6) is 11.5 Å².